The SMILES string of the molecule is CCc1ccccc1C(=O)C(C#N)c1ccc(Cl)cc1Cl. The van der Waals surface area contributed by atoms with Gasteiger partial charge in [0.25, 0.3) is 0 Å². The van der Waals surface area contributed by atoms with Gasteiger partial charge in [-0.2, -0.15) is 5.26 Å². The minimum Gasteiger partial charge on any atom is -0.292 e. The molecule has 2 nitrogen and oxygen atoms in total. The van der Waals surface area contributed by atoms with E-state index in [1.165, 1.54) is 0 Å². The molecule has 21 heavy (non-hydrogen) atoms. The summed E-state index contributed by atoms with van der Waals surface area (Å²) < 4.78 is 0. The lowest BCUT2D eigenvalue weighted by molar-refractivity contribution is 0.0978. The van der Waals surface area contributed by atoms with Crippen LogP contribution < -0.4 is 0 Å². The molecule has 1 unspecified atom stereocenters. The number of benzene rings is 2. The molecule has 2 aromatic rings. The standard InChI is InChI=1S/C17H13Cl2NO/c1-2-11-5-3-4-6-13(11)17(21)15(10-20)14-8-7-12(18)9-16(14)19/h3-9,15H,2H2,1H3. The Bertz CT molecular complexity index is 719. The Hall–Kier alpha value is -1.82. The number of Topliss-reactive ketones (excluding diaryl/α,β-unsaturated/α-hetero) is 1. The maximum Gasteiger partial charge on any atom is 0.184 e. The van der Waals surface area contributed by atoms with Crippen LogP contribution in [0.1, 0.15) is 34.3 Å². The van der Waals surface area contributed by atoms with E-state index in [0.717, 1.165) is 12.0 Å². The summed E-state index contributed by atoms with van der Waals surface area (Å²) in [5.41, 5.74) is 1.98. The van der Waals surface area contributed by atoms with E-state index >= 15 is 0 Å². The number of hydrogen-bond donors (Lipinski definition) is 0. The molecule has 1 atom stereocenters. The summed E-state index contributed by atoms with van der Waals surface area (Å²) in [5, 5.41) is 10.2. The molecule has 0 saturated carbocycles. The number of nitriles is 1. The van der Waals surface area contributed by atoms with Crippen molar-refractivity contribution in [3.63, 3.8) is 0 Å². The molecule has 0 spiro atoms. The van der Waals surface area contributed by atoms with E-state index in [-0.39, 0.29) is 5.78 Å². The van der Waals surface area contributed by atoms with Crippen molar-refractivity contribution in [1.29, 1.82) is 5.26 Å². The van der Waals surface area contributed by atoms with Crippen molar-refractivity contribution in [2.75, 3.05) is 0 Å². The van der Waals surface area contributed by atoms with Crippen LogP contribution in [-0.2, 0) is 6.42 Å². The predicted molar refractivity (Wildman–Crippen MR) is 85.0 cm³/mol. The van der Waals surface area contributed by atoms with Gasteiger partial charge >= 0.3 is 0 Å². The van der Waals surface area contributed by atoms with Crippen molar-refractivity contribution in [1.82, 2.24) is 0 Å². The lowest BCUT2D eigenvalue weighted by Crippen LogP contribution is -2.13. The zero-order valence-electron chi connectivity index (χ0n) is 11.4. The monoisotopic (exact) mass is 317 g/mol. The summed E-state index contributed by atoms with van der Waals surface area (Å²) in [6.45, 7) is 1.97. The molecule has 0 fully saturated rings. The summed E-state index contributed by atoms with van der Waals surface area (Å²) in [7, 11) is 0. The van der Waals surface area contributed by atoms with Gasteiger partial charge in [0.05, 0.1) is 6.07 Å². The van der Waals surface area contributed by atoms with E-state index < -0.39 is 5.92 Å². The molecular formula is C17H13Cl2NO. The second-order valence-electron chi connectivity index (χ2n) is 4.60. The molecular weight excluding hydrogens is 305 g/mol. The largest absolute Gasteiger partial charge is 0.292 e. The van der Waals surface area contributed by atoms with Gasteiger partial charge in [0.15, 0.2) is 5.78 Å². The molecule has 0 bridgehead atoms. The first-order chi connectivity index (χ1) is 10.1. The molecule has 4 heteroatoms. The van der Waals surface area contributed by atoms with Gasteiger partial charge in [-0.25, -0.2) is 0 Å². The first-order valence-electron chi connectivity index (χ1n) is 6.55. The van der Waals surface area contributed by atoms with Crippen molar-refractivity contribution in [2.45, 2.75) is 19.3 Å². The van der Waals surface area contributed by atoms with Crippen molar-refractivity contribution in [3.05, 3.63) is 69.2 Å². The summed E-state index contributed by atoms with van der Waals surface area (Å²) in [4.78, 5) is 12.7. The second kappa shape index (κ2) is 6.76. The van der Waals surface area contributed by atoms with Crippen LogP contribution in [0.25, 0.3) is 0 Å². The van der Waals surface area contributed by atoms with Crippen LogP contribution in [0.4, 0.5) is 0 Å². The Kier molecular flexibility index (Phi) is 5.01. The average molecular weight is 318 g/mol. The topological polar surface area (TPSA) is 40.9 Å². The van der Waals surface area contributed by atoms with Crippen molar-refractivity contribution in [3.8, 4) is 6.07 Å². The minimum atomic E-state index is -0.928. The molecule has 2 aromatic carbocycles. The van der Waals surface area contributed by atoms with Crippen LogP contribution in [0.3, 0.4) is 0 Å². The number of carbonyl (C=O) groups is 1. The quantitative estimate of drug-likeness (QED) is 0.741. The van der Waals surface area contributed by atoms with E-state index in [0.29, 0.717) is 21.2 Å². The summed E-state index contributed by atoms with van der Waals surface area (Å²) >= 11 is 12.0. The van der Waals surface area contributed by atoms with Crippen molar-refractivity contribution >= 4 is 29.0 Å². The number of halogens is 2. The number of nitrogens with zero attached hydrogens (tertiary/aromatic N) is 1. The highest BCUT2D eigenvalue weighted by molar-refractivity contribution is 6.35. The van der Waals surface area contributed by atoms with Gasteiger partial charge in [0, 0.05) is 15.6 Å². The number of aryl methyl sites for hydroxylation is 1. The molecule has 0 amide bonds. The third-order valence-electron chi connectivity index (χ3n) is 3.33. The number of carbonyl (C=O) groups excluding carboxylic acids is 1. The van der Waals surface area contributed by atoms with E-state index in [1.54, 1.807) is 30.3 Å². The van der Waals surface area contributed by atoms with Gasteiger partial charge in [-0.15, -0.1) is 0 Å². The fraction of sp³-hybridized carbons (Fsp3) is 0.176. The predicted octanol–water partition coefficient (Wildman–Crippen LogP) is 5.05. The molecule has 0 heterocycles. The fourth-order valence-corrected chi connectivity index (χ4v) is 2.75. The van der Waals surface area contributed by atoms with Gasteiger partial charge in [0.2, 0.25) is 0 Å². The summed E-state index contributed by atoms with van der Waals surface area (Å²) in [6, 6.07) is 14.2. The van der Waals surface area contributed by atoms with Crippen LogP contribution in [0.15, 0.2) is 42.5 Å². The summed E-state index contributed by atoms with van der Waals surface area (Å²) in [6.07, 6.45) is 0.731. The number of rotatable bonds is 4. The Labute approximate surface area is 133 Å². The minimum absolute atomic E-state index is 0.237. The molecule has 106 valence electrons. The molecule has 2 rings (SSSR count). The molecule has 0 N–H and O–H groups in total. The maximum absolute atomic E-state index is 12.7. The Morgan fingerprint density at radius 2 is 1.95 bits per heavy atom. The molecule has 0 saturated heterocycles. The normalized spacial score (nSPS) is 11.7. The van der Waals surface area contributed by atoms with Crippen LogP contribution in [0.2, 0.25) is 10.0 Å². The van der Waals surface area contributed by atoms with E-state index in [1.807, 2.05) is 19.1 Å². The van der Waals surface area contributed by atoms with Crippen LogP contribution in [0.5, 0.6) is 0 Å². The van der Waals surface area contributed by atoms with Gasteiger partial charge in [0.1, 0.15) is 5.92 Å². The van der Waals surface area contributed by atoms with Crippen LogP contribution >= 0.6 is 23.2 Å². The lowest BCUT2D eigenvalue weighted by Gasteiger charge is -2.13. The Balaban J connectivity index is 2.47. The van der Waals surface area contributed by atoms with Crippen LogP contribution in [0, 0.1) is 11.3 Å². The molecule has 0 aromatic heterocycles. The smallest absolute Gasteiger partial charge is 0.184 e. The number of hydrogen-bond acceptors (Lipinski definition) is 2. The van der Waals surface area contributed by atoms with Crippen molar-refractivity contribution < 1.29 is 4.79 Å². The molecule has 0 aliphatic carbocycles. The Morgan fingerprint density at radius 1 is 1.24 bits per heavy atom. The first kappa shape index (κ1) is 15.6. The lowest BCUT2D eigenvalue weighted by atomic mass is 9.89. The second-order valence-corrected chi connectivity index (χ2v) is 5.45. The fourth-order valence-electron chi connectivity index (χ4n) is 2.23. The molecule has 0 aliphatic rings. The third kappa shape index (κ3) is 3.26. The summed E-state index contributed by atoms with van der Waals surface area (Å²) in [5.74, 6) is -1.17. The van der Waals surface area contributed by atoms with Crippen LogP contribution in [-0.4, -0.2) is 5.78 Å². The zero-order valence-corrected chi connectivity index (χ0v) is 12.9. The highest BCUT2D eigenvalue weighted by Crippen LogP contribution is 2.30. The highest BCUT2D eigenvalue weighted by atomic mass is 35.5. The van der Waals surface area contributed by atoms with Gasteiger partial charge in [-0.05, 0) is 29.7 Å². The first-order valence-corrected chi connectivity index (χ1v) is 7.30. The maximum atomic E-state index is 12.7. The molecule has 0 radical (unpaired) electrons. The molecule has 0 aliphatic heterocycles. The van der Waals surface area contributed by atoms with E-state index in [4.69, 9.17) is 23.2 Å². The van der Waals surface area contributed by atoms with Gasteiger partial charge < -0.3 is 0 Å². The zero-order chi connectivity index (χ0) is 15.4. The average Bonchev–Trinajstić information content (AvgIpc) is 2.49. The van der Waals surface area contributed by atoms with Gasteiger partial charge in [-0.3, -0.25) is 4.79 Å². The highest BCUT2D eigenvalue weighted by Gasteiger charge is 2.25. The van der Waals surface area contributed by atoms with Gasteiger partial charge in [-0.1, -0.05) is 60.5 Å². The van der Waals surface area contributed by atoms with E-state index in [9.17, 15) is 10.1 Å². The van der Waals surface area contributed by atoms with Crippen molar-refractivity contribution in [2.24, 2.45) is 0 Å². The Morgan fingerprint density at radius 3 is 2.57 bits per heavy atom. The van der Waals surface area contributed by atoms with E-state index in [2.05, 4.69) is 6.07 Å². The third-order valence-corrected chi connectivity index (χ3v) is 3.89. The number of ketones is 1.